The van der Waals surface area contributed by atoms with Crippen molar-refractivity contribution < 1.29 is 9.53 Å². The van der Waals surface area contributed by atoms with Gasteiger partial charge in [-0.15, -0.1) is 10.2 Å². The number of halogens is 1. The molecule has 0 atom stereocenters. The minimum atomic E-state index is -0.334. The van der Waals surface area contributed by atoms with Crippen molar-refractivity contribution in [1.29, 1.82) is 0 Å². The summed E-state index contributed by atoms with van der Waals surface area (Å²) in [5.41, 5.74) is 0.337. The molecule has 8 heteroatoms. The number of carbonyl (C=O) groups is 1. The minimum Gasteiger partial charge on any atom is -0.474 e. The van der Waals surface area contributed by atoms with E-state index in [0.29, 0.717) is 21.6 Å². The first kappa shape index (κ1) is 15.7. The third-order valence-electron chi connectivity index (χ3n) is 2.41. The second-order valence-corrected chi connectivity index (χ2v) is 5.96. The lowest BCUT2D eigenvalue weighted by atomic mass is 10.2. The van der Waals surface area contributed by atoms with Crippen LogP contribution >= 0.6 is 22.9 Å². The molecule has 0 unspecified atom stereocenters. The van der Waals surface area contributed by atoms with Crippen molar-refractivity contribution in [3.63, 3.8) is 0 Å². The van der Waals surface area contributed by atoms with Crippen LogP contribution < -0.4 is 10.1 Å². The average molecular weight is 327 g/mol. The van der Waals surface area contributed by atoms with Gasteiger partial charge in [0.05, 0.1) is 11.7 Å². The van der Waals surface area contributed by atoms with Crippen molar-refractivity contribution >= 4 is 34.0 Å². The summed E-state index contributed by atoms with van der Waals surface area (Å²) in [5.74, 6) is -0.0216. The first-order chi connectivity index (χ1) is 9.99. The minimum absolute atomic E-state index is 0.0384. The van der Waals surface area contributed by atoms with Gasteiger partial charge in [-0.1, -0.05) is 29.9 Å². The maximum Gasteiger partial charge on any atom is 0.259 e. The number of anilines is 1. The van der Waals surface area contributed by atoms with Crippen LogP contribution in [0, 0.1) is 0 Å². The van der Waals surface area contributed by atoms with Crippen molar-refractivity contribution in [2.45, 2.75) is 33.3 Å². The van der Waals surface area contributed by atoms with Crippen molar-refractivity contribution in [3.05, 3.63) is 27.9 Å². The van der Waals surface area contributed by atoms with E-state index in [4.69, 9.17) is 16.3 Å². The van der Waals surface area contributed by atoms with Crippen LogP contribution in [-0.2, 0) is 6.42 Å². The van der Waals surface area contributed by atoms with Crippen LogP contribution in [-0.4, -0.2) is 27.2 Å². The van der Waals surface area contributed by atoms with E-state index >= 15 is 0 Å². The summed E-state index contributed by atoms with van der Waals surface area (Å²) in [6, 6.07) is 1.52. The predicted molar refractivity (Wildman–Crippen MR) is 82.3 cm³/mol. The highest BCUT2D eigenvalue weighted by molar-refractivity contribution is 7.15. The molecule has 1 N–H and O–H groups in total. The van der Waals surface area contributed by atoms with Gasteiger partial charge in [-0.05, 0) is 26.3 Å². The van der Waals surface area contributed by atoms with Gasteiger partial charge in [0.25, 0.3) is 5.91 Å². The largest absolute Gasteiger partial charge is 0.474 e. The summed E-state index contributed by atoms with van der Waals surface area (Å²) in [6.45, 7) is 5.72. The zero-order valence-corrected chi connectivity index (χ0v) is 13.5. The van der Waals surface area contributed by atoms with Gasteiger partial charge in [-0.25, -0.2) is 4.98 Å². The number of ether oxygens (including phenoxy) is 1. The Morgan fingerprint density at radius 3 is 2.81 bits per heavy atom. The van der Waals surface area contributed by atoms with Crippen LogP contribution in [0.1, 0.15) is 36.1 Å². The summed E-state index contributed by atoms with van der Waals surface area (Å²) in [5, 5.41) is 12.1. The molecule has 6 nitrogen and oxygen atoms in total. The van der Waals surface area contributed by atoms with Crippen LogP contribution in [0.2, 0.25) is 5.02 Å². The molecule has 0 aliphatic heterocycles. The van der Waals surface area contributed by atoms with E-state index in [1.54, 1.807) is 0 Å². The van der Waals surface area contributed by atoms with Crippen molar-refractivity contribution in [2.24, 2.45) is 0 Å². The molecule has 0 spiro atoms. The zero-order valence-electron chi connectivity index (χ0n) is 11.9. The van der Waals surface area contributed by atoms with E-state index in [-0.39, 0.29) is 12.0 Å². The molecule has 0 saturated carbocycles. The van der Waals surface area contributed by atoms with Gasteiger partial charge in [-0.2, -0.15) is 0 Å². The Labute approximate surface area is 131 Å². The van der Waals surface area contributed by atoms with Gasteiger partial charge < -0.3 is 4.74 Å². The van der Waals surface area contributed by atoms with Crippen LogP contribution in [0.25, 0.3) is 0 Å². The molecular weight excluding hydrogens is 312 g/mol. The molecule has 0 aromatic carbocycles. The van der Waals surface area contributed by atoms with Crippen LogP contribution in [0.15, 0.2) is 12.3 Å². The predicted octanol–water partition coefficient (Wildman–Crippen LogP) is 3.19. The summed E-state index contributed by atoms with van der Waals surface area (Å²) >= 11 is 7.39. The number of pyridine rings is 1. The van der Waals surface area contributed by atoms with E-state index in [1.807, 2.05) is 20.8 Å². The van der Waals surface area contributed by atoms with Gasteiger partial charge in [0, 0.05) is 6.20 Å². The molecule has 0 aliphatic rings. The molecule has 0 saturated heterocycles. The fraction of sp³-hybridized carbons (Fsp3) is 0.385. The third-order valence-corrected chi connectivity index (χ3v) is 3.66. The quantitative estimate of drug-likeness (QED) is 0.913. The molecule has 2 aromatic heterocycles. The van der Waals surface area contributed by atoms with Crippen molar-refractivity contribution in [1.82, 2.24) is 15.2 Å². The first-order valence-corrected chi connectivity index (χ1v) is 7.65. The second-order valence-electron chi connectivity index (χ2n) is 4.49. The number of aromatic nitrogens is 3. The molecule has 1 amide bonds. The summed E-state index contributed by atoms with van der Waals surface area (Å²) < 4.78 is 5.42. The highest BCUT2D eigenvalue weighted by Crippen LogP contribution is 2.24. The molecule has 21 heavy (non-hydrogen) atoms. The lowest BCUT2D eigenvalue weighted by Gasteiger charge is -2.10. The van der Waals surface area contributed by atoms with E-state index in [0.717, 1.165) is 11.4 Å². The Morgan fingerprint density at radius 1 is 1.48 bits per heavy atom. The van der Waals surface area contributed by atoms with Gasteiger partial charge >= 0.3 is 0 Å². The number of hydrogen-bond acceptors (Lipinski definition) is 6. The summed E-state index contributed by atoms with van der Waals surface area (Å²) in [6.07, 6.45) is 2.16. The Morgan fingerprint density at radius 2 is 2.24 bits per heavy atom. The number of carbonyl (C=O) groups excluding carboxylic acids is 1. The van der Waals surface area contributed by atoms with E-state index in [2.05, 4.69) is 20.5 Å². The molecular formula is C13H15ClN4O2S. The van der Waals surface area contributed by atoms with Crippen molar-refractivity contribution in [3.8, 4) is 5.88 Å². The van der Waals surface area contributed by atoms with E-state index < -0.39 is 0 Å². The molecule has 0 fully saturated rings. The standard InChI is InChI=1S/C13H15ClN4O2S/c1-4-10-17-18-13(21-10)16-11(19)8-5-9(14)12(15-6-8)20-7(2)3/h5-7H,4H2,1-3H3,(H,16,18,19). The normalized spacial score (nSPS) is 10.7. The average Bonchev–Trinajstić information content (AvgIpc) is 2.88. The lowest BCUT2D eigenvalue weighted by molar-refractivity contribution is 0.102. The maximum atomic E-state index is 12.1. The Balaban J connectivity index is 2.10. The molecule has 0 bridgehead atoms. The fourth-order valence-electron chi connectivity index (χ4n) is 1.48. The van der Waals surface area contributed by atoms with Gasteiger partial charge in [-0.3, -0.25) is 10.1 Å². The van der Waals surface area contributed by atoms with E-state index in [9.17, 15) is 4.79 Å². The zero-order chi connectivity index (χ0) is 15.4. The number of rotatable bonds is 5. The number of aryl methyl sites for hydroxylation is 1. The van der Waals surface area contributed by atoms with E-state index in [1.165, 1.54) is 23.6 Å². The van der Waals surface area contributed by atoms with Crippen LogP contribution in [0.3, 0.4) is 0 Å². The maximum absolute atomic E-state index is 12.1. The van der Waals surface area contributed by atoms with Gasteiger partial charge in [0.1, 0.15) is 10.0 Å². The Kier molecular flexibility index (Phi) is 5.08. The molecule has 0 aliphatic carbocycles. The first-order valence-electron chi connectivity index (χ1n) is 6.45. The smallest absolute Gasteiger partial charge is 0.259 e. The fourth-order valence-corrected chi connectivity index (χ4v) is 2.36. The number of nitrogens with zero attached hydrogens (tertiary/aromatic N) is 3. The van der Waals surface area contributed by atoms with Gasteiger partial charge in [0.2, 0.25) is 11.0 Å². The highest BCUT2D eigenvalue weighted by Gasteiger charge is 2.13. The second kappa shape index (κ2) is 6.82. The molecule has 2 aromatic rings. The molecule has 2 heterocycles. The number of hydrogen-bond donors (Lipinski definition) is 1. The summed E-state index contributed by atoms with van der Waals surface area (Å²) in [4.78, 5) is 16.1. The molecule has 2 rings (SSSR count). The lowest BCUT2D eigenvalue weighted by Crippen LogP contribution is -2.13. The van der Waals surface area contributed by atoms with Crippen LogP contribution in [0.5, 0.6) is 5.88 Å². The Hall–Kier alpha value is -1.73. The third kappa shape index (κ3) is 4.12. The van der Waals surface area contributed by atoms with Crippen LogP contribution in [0.4, 0.5) is 5.13 Å². The Bertz CT molecular complexity index is 645. The summed E-state index contributed by atoms with van der Waals surface area (Å²) in [7, 11) is 0. The van der Waals surface area contributed by atoms with Crippen molar-refractivity contribution in [2.75, 3.05) is 5.32 Å². The topological polar surface area (TPSA) is 77.0 Å². The monoisotopic (exact) mass is 326 g/mol. The number of amides is 1. The SMILES string of the molecule is CCc1nnc(NC(=O)c2cnc(OC(C)C)c(Cl)c2)s1. The highest BCUT2D eigenvalue weighted by atomic mass is 35.5. The van der Waals surface area contributed by atoms with Gasteiger partial charge in [0.15, 0.2) is 0 Å². The molecule has 0 radical (unpaired) electrons. The molecule has 112 valence electrons. The number of nitrogens with one attached hydrogen (secondary N) is 1.